The summed E-state index contributed by atoms with van der Waals surface area (Å²) in [6, 6.07) is 16.2. The Bertz CT molecular complexity index is 885. The number of hydrogen-bond donors (Lipinski definition) is 2. The Morgan fingerprint density at radius 1 is 1.16 bits per heavy atom. The van der Waals surface area contributed by atoms with E-state index in [1.54, 1.807) is 0 Å². The molecule has 1 aliphatic rings. The van der Waals surface area contributed by atoms with Crippen LogP contribution in [0.15, 0.2) is 54.7 Å². The van der Waals surface area contributed by atoms with Crippen LogP contribution in [0.25, 0.3) is 0 Å². The summed E-state index contributed by atoms with van der Waals surface area (Å²) in [4.78, 5) is 2.01. The van der Waals surface area contributed by atoms with Crippen LogP contribution in [0.4, 0.5) is 17.2 Å². The summed E-state index contributed by atoms with van der Waals surface area (Å²) in [5.41, 5.74) is 5.16. The van der Waals surface area contributed by atoms with Gasteiger partial charge in [0.05, 0.1) is 24.1 Å². The number of benzene rings is 2. The highest BCUT2D eigenvalue weighted by molar-refractivity contribution is 5.77. The molecule has 0 saturated carbocycles. The molecule has 0 bridgehead atoms. The normalized spacial score (nSPS) is 14.3. The monoisotopic (exact) mass is 334 g/mol. The molecule has 25 heavy (non-hydrogen) atoms. The first-order valence-corrected chi connectivity index (χ1v) is 8.58. The number of aryl methyl sites for hydroxylation is 2. The fourth-order valence-corrected chi connectivity index (χ4v) is 3.31. The van der Waals surface area contributed by atoms with E-state index in [1.165, 1.54) is 5.56 Å². The Labute approximate surface area is 147 Å². The Kier molecular flexibility index (Phi) is 3.93. The molecule has 128 valence electrons. The molecule has 0 spiro atoms. The fourth-order valence-electron chi connectivity index (χ4n) is 3.31. The summed E-state index contributed by atoms with van der Waals surface area (Å²) in [6.45, 7) is 2.72. The highest BCUT2D eigenvalue weighted by atomic mass is 16.3. The van der Waals surface area contributed by atoms with E-state index in [9.17, 15) is 5.11 Å². The van der Waals surface area contributed by atoms with Crippen molar-refractivity contribution in [2.75, 3.05) is 10.2 Å². The first-order chi connectivity index (χ1) is 12.2. The first kappa shape index (κ1) is 15.7. The molecule has 5 heteroatoms. The number of aliphatic hydroxyl groups excluding tert-OH is 1. The number of nitrogens with one attached hydrogen (secondary N) is 1. The fraction of sp³-hybridized carbons (Fsp3) is 0.250. The average molecular weight is 334 g/mol. The second-order valence-electron chi connectivity index (χ2n) is 6.38. The number of hydrogen-bond acceptors (Lipinski definition) is 4. The molecule has 3 aromatic rings. The van der Waals surface area contributed by atoms with Crippen molar-refractivity contribution in [1.82, 2.24) is 9.78 Å². The highest BCUT2D eigenvalue weighted by Crippen LogP contribution is 2.39. The molecule has 1 atom stereocenters. The van der Waals surface area contributed by atoms with Gasteiger partial charge in [0.15, 0.2) is 6.23 Å². The standard InChI is InChI=1S/C20H22N4O/c1-3-14-8-10-15(11-9-14)20(25)24-13-16-12-21-23(2)19(16)22-17-6-4-5-7-18(17)24/h4-12,20,22,25H,3,13H2,1-2H3. The molecule has 2 heterocycles. The second-order valence-corrected chi connectivity index (χ2v) is 6.38. The summed E-state index contributed by atoms with van der Waals surface area (Å²) in [7, 11) is 1.92. The minimum absolute atomic E-state index is 0.587. The number of anilines is 3. The molecule has 2 N–H and O–H groups in total. The van der Waals surface area contributed by atoms with Crippen LogP contribution in [-0.2, 0) is 20.0 Å². The SMILES string of the molecule is CCc1ccc(C(O)N2Cc3cnn(C)c3Nc3ccccc32)cc1. The van der Waals surface area contributed by atoms with Crippen molar-refractivity contribution in [3.63, 3.8) is 0 Å². The lowest BCUT2D eigenvalue weighted by molar-refractivity contribution is 0.170. The first-order valence-electron chi connectivity index (χ1n) is 8.58. The Balaban J connectivity index is 1.76. The zero-order valence-corrected chi connectivity index (χ0v) is 14.5. The van der Waals surface area contributed by atoms with Crippen molar-refractivity contribution < 1.29 is 5.11 Å². The van der Waals surface area contributed by atoms with Crippen LogP contribution in [0, 0.1) is 0 Å². The summed E-state index contributed by atoms with van der Waals surface area (Å²) < 4.78 is 1.83. The van der Waals surface area contributed by atoms with Gasteiger partial charge in [0.1, 0.15) is 5.82 Å². The van der Waals surface area contributed by atoms with E-state index in [-0.39, 0.29) is 0 Å². The lowest BCUT2D eigenvalue weighted by atomic mass is 10.1. The Morgan fingerprint density at radius 2 is 1.92 bits per heavy atom. The van der Waals surface area contributed by atoms with Gasteiger partial charge in [-0.1, -0.05) is 43.3 Å². The predicted octanol–water partition coefficient (Wildman–Crippen LogP) is 3.74. The van der Waals surface area contributed by atoms with Gasteiger partial charge < -0.3 is 15.3 Å². The third kappa shape index (κ3) is 2.76. The maximum Gasteiger partial charge on any atom is 0.153 e. The summed E-state index contributed by atoms with van der Waals surface area (Å²) in [5.74, 6) is 0.962. The van der Waals surface area contributed by atoms with Gasteiger partial charge in [-0.25, -0.2) is 0 Å². The molecule has 2 aromatic carbocycles. The predicted molar refractivity (Wildman–Crippen MR) is 99.9 cm³/mol. The summed E-state index contributed by atoms with van der Waals surface area (Å²) in [6.07, 6.45) is 2.13. The molecular weight excluding hydrogens is 312 g/mol. The Hall–Kier alpha value is -2.79. The second kappa shape index (κ2) is 6.26. The molecule has 5 nitrogen and oxygen atoms in total. The van der Waals surface area contributed by atoms with Crippen LogP contribution in [0.1, 0.15) is 29.8 Å². The van der Waals surface area contributed by atoms with Crippen LogP contribution in [0.2, 0.25) is 0 Å². The molecule has 0 fully saturated rings. The average Bonchev–Trinajstić information content (AvgIpc) is 2.90. The topological polar surface area (TPSA) is 53.3 Å². The van der Waals surface area contributed by atoms with E-state index >= 15 is 0 Å². The van der Waals surface area contributed by atoms with Crippen molar-refractivity contribution in [3.8, 4) is 0 Å². The molecule has 0 aliphatic carbocycles. The van der Waals surface area contributed by atoms with E-state index < -0.39 is 6.23 Å². The zero-order valence-electron chi connectivity index (χ0n) is 14.5. The zero-order chi connectivity index (χ0) is 17.4. The highest BCUT2D eigenvalue weighted by Gasteiger charge is 2.26. The lowest BCUT2D eigenvalue weighted by Crippen LogP contribution is -2.27. The number of para-hydroxylation sites is 2. The van der Waals surface area contributed by atoms with Gasteiger partial charge in [0.25, 0.3) is 0 Å². The molecular formula is C20H22N4O. The molecule has 4 rings (SSSR count). The Morgan fingerprint density at radius 3 is 2.68 bits per heavy atom. The smallest absolute Gasteiger partial charge is 0.153 e. The van der Waals surface area contributed by atoms with Crippen LogP contribution in [0.5, 0.6) is 0 Å². The third-order valence-corrected chi connectivity index (χ3v) is 4.80. The van der Waals surface area contributed by atoms with Gasteiger partial charge in [-0.3, -0.25) is 4.68 Å². The summed E-state index contributed by atoms with van der Waals surface area (Å²) in [5, 5.41) is 18.9. The van der Waals surface area contributed by atoms with Gasteiger partial charge in [0, 0.05) is 18.2 Å². The van der Waals surface area contributed by atoms with Crippen molar-refractivity contribution in [3.05, 3.63) is 71.4 Å². The van der Waals surface area contributed by atoms with Crippen molar-refractivity contribution in [2.45, 2.75) is 26.1 Å². The molecule has 0 radical (unpaired) electrons. The number of nitrogens with zero attached hydrogens (tertiary/aromatic N) is 3. The van der Waals surface area contributed by atoms with E-state index in [1.807, 2.05) is 59.2 Å². The van der Waals surface area contributed by atoms with E-state index in [2.05, 4.69) is 29.5 Å². The van der Waals surface area contributed by atoms with Gasteiger partial charge in [-0.15, -0.1) is 0 Å². The molecule has 0 saturated heterocycles. The minimum Gasteiger partial charge on any atom is -0.369 e. The van der Waals surface area contributed by atoms with Gasteiger partial charge >= 0.3 is 0 Å². The van der Waals surface area contributed by atoms with Crippen LogP contribution in [0.3, 0.4) is 0 Å². The number of aromatic nitrogens is 2. The van der Waals surface area contributed by atoms with Crippen molar-refractivity contribution in [2.24, 2.45) is 7.05 Å². The van der Waals surface area contributed by atoms with Gasteiger partial charge in [0.2, 0.25) is 0 Å². The minimum atomic E-state index is -0.722. The maximum atomic E-state index is 11.1. The van der Waals surface area contributed by atoms with Crippen LogP contribution >= 0.6 is 0 Å². The summed E-state index contributed by atoms with van der Waals surface area (Å²) >= 11 is 0. The quantitative estimate of drug-likeness (QED) is 0.766. The van der Waals surface area contributed by atoms with Crippen LogP contribution < -0.4 is 10.2 Å². The van der Waals surface area contributed by atoms with Crippen molar-refractivity contribution >= 4 is 17.2 Å². The molecule has 1 aliphatic heterocycles. The van der Waals surface area contributed by atoms with E-state index in [0.717, 1.165) is 34.7 Å². The number of aliphatic hydroxyl groups is 1. The largest absolute Gasteiger partial charge is 0.369 e. The molecule has 1 unspecified atom stereocenters. The van der Waals surface area contributed by atoms with Crippen LogP contribution in [-0.4, -0.2) is 14.9 Å². The van der Waals surface area contributed by atoms with Gasteiger partial charge in [-0.2, -0.15) is 5.10 Å². The van der Waals surface area contributed by atoms with Gasteiger partial charge in [-0.05, 0) is 24.1 Å². The third-order valence-electron chi connectivity index (χ3n) is 4.80. The maximum absolute atomic E-state index is 11.1. The van der Waals surface area contributed by atoms with Crippen molar-refractivity contribution in [1.29, 1.82) is 0 Å². The number of fused-ring (bicyclic) bond motifs is 2. The molecule has 1 aromatic heterocycles. The van der Waals surface area contributed by atoms with E-state index in [0.29, 0.717) is 6.54 Å². The lowest BCUT2D eigenvalue weighted by Gasteiger charge is -2.30. The molecule has 0 amide bonds. The number of rotatable bonds is 3. The van der Waals surface area contributed by atoms with E-state index in [4.69, 9.17) is 0 Å².